The van der Waals surface area contributed by atoms with Crippen LogP contribution in [-0.4, -0.2) is 41.9 Å². The van der Waals surface area contributed by atoms with Crippen LogP contribution in [0.2, 0.25) is 0 Å². The van der Waals surface area contributed by atoms with Crippen LogP contribution in [0.25, 0.3) is 0 Å². The largest absolute Gasteiger partial charge is 0.352 e. The average Bonchev–Trinajstić information content (AvgIpc) is 2.61. The third kappa shape index (κ3) is 4.02. The number of nitrogens with zero attached hydrogens (tertiary/aromatic N) is 2. The molecule has 0 spiro atoms. The Bertz CT molecular complexity index is 678. The van der Waals surface area contributed by atoms with E-state index < -0.39 is 0 Å². The molecule has 1 aliphatic heterocycles. The Morgan fingerprint density at radius 2 is 2.00 bits per heavy atom. The summed E-state index contributed by atoms with van der Waals surface area (Å²) >= 11 is 0. The molecule has 5 nitrogen and oxygen atoms in total. The van der Waals surface area contributed by atoms with Gasteiger partial charge in [-0.3, -0.25) is 9.79 Å². The summed E-state index contributed by atoms with van der Waals surface area (Å²) in [6.45, 7) is 14.8. The van der Waals surface area contributed by atoms with E-state index in [-0.39, 0.29) is 22.9 Å². The van der Waals surface area contributed by atoms with Crippen molar-refractivity contribution in [2.45, 2.75) is 66.1 Å². The Labute approximate surface area is 158 Å². The van der Waals surface area contributed by atoms with Crippen LogP contribution in [0.1, 0.15) is 63.9 Å². The van der Waals surface area contributed by atoms with Crippen molar-refractivity contribution in [2.75, 3.05) is 13.6 Å². The molecule has 0 saturated carbocycles. The zero-order valence-corrected chi connectivity index (χ0v) is 17.3. The number of amides is 1. The molecule has 1 saturated heterocycles. The number of likely N-dealkylation sites (tertiary alicyclic amines) is 1. The summed E-state index contributed by atoms with van der Waals surface area (Å²) in [5.74, 6) is 0.889. The van der Waals surface area contributed by atoms with E-state index in [1.54, 1.807) is 0 Å². The quantitative estimate of drug-likeness (QED) is 0.626. The molecule has 1 aromatic carbocycles. The van der Waals surface area contributed by atoms with Gasteiger partial charge in [0.05, 0.1) is 0 Å². The fraction of sp³-hybridized carbons (Fsp3) is 0.619. The smallest absolute Gasteiger partial charge is 0.251 e. The molecule has 1 unspecified atom stereocenters. The molecule has 2 N–H and O–H groups in total. The number of carbonyl (C=O) groups is 1. The van der Waals surface area contributed by atoms with Gasteiger partial charge in [0.2, 0.25) is 0 Å². The maximum atomic E-state index is 12.3. The van der Waals surface area contributed by atoms with Crippen LogP contribution in [0.4, 0.5) is 0 Å². The first-order chi connectivity index (χ1) is 12.1. The zero-order chi connectivity index (χ0) is 19.5. The fourth-order valence-electron chi connectivity index (χ4n) is 3.11. The number of benzene rings is 1. The third-order valence-electron chi connectivity index (χ3n) is 5.98. The van der Waals surface area contributed by atoms with Crippen molar-refractivity contribution in [1.82, 2.24) is 15.5 Å². The van der Waals surface area contributed by atoms with Gasteiger partial charge in [0.25, 0.3) is 5.91 Å². The van der Waals surface area contributed by atoms with Crippen molar-refractivity contribution in [3.05, 3.63) is 35.4 Å². The van der Waals surface area contributed by atoms with Crippen LogP contribution in [0.15, 0.2) is 29.3 Å². The second kappa shape index (κ2) is 7.68. The number of guanidine groups is 1. The van der Waals surface area contributed by atoms with E-state index in [2.05, 4.69) is 55.1 Å². The maximum absolute atomic E-state index is 12.3. The highest BCUT2D eigenvalue weighted by Gasteiger charge is 2.53. The van der Waals surface area contributed by atoms with E-state index >= 15 is 0 Å². The molecule has 0 aliphatic carbocycles. The van der Waals surface area contributed by atoms with Crippen LogP contribution in [0.3, 0.4) is 0 Å². The van der Waals surface area contributed by atoms with Crippen LogP contribution in [0, 0.1) is 5.41 Å². The SMILES string of the molecule is CCC(C)NC(=O)c1cccc(CNC(=NC)N2CC(C)(C)C2(C)C)c1. The summed E-state index contributed by atoms with van der Waals surface area (Å²) in [6, 6.07) is 7.95. The molecule has 1 aliphatic rings. The number of hydrogen-bond acceptors (Lipinski definition) is 2. The summed E-state index contributed by atoms with van der Waals surface area (Å²) in [4.78, 5) is 19.1. The number of carbonyl (C=O) groups excluding carboxylic acids is 1. The van der Waals surface area contributed by atoms with Gasteiger partial charge in [-0.2, -0.15) is 0 Å². The average molecular weight is 359 g/mol. The monoisotopic (exact) mass is 358 g/mol. The Balaban J connectivity index is 2.01. The van der Waals surface area contributed by atoms with Crippen molar-refractivity contribution in [3.8, 4) is 0 Å². The maximum Gasteiger partial charge on any atom is 0.251 e. The molecule has 1 amide bonds. The van der Waals surface area contributed by atoms with Crippen LogP contribution < -0.4 is 10.6 Å². The first kappa shape index (κ1) is 20.3. The Morgan fingerprint density at radius 1 is 1.31 bits per heavy atom. The van der Waals surface area contributed by atoms with Gasteiger partial charge in [-0.1, -0.05) is 32.9 Å². The summed E-state index contributed by atoms with van der Waals surface area (Å²) < 4.78 is 0. The van der Waals surface area contributed by atoms with E-state index in [0.29, 0.717) is 12.1 Å². The highest BCUT2D eigenvalue weighted by atomic mass is 16.1. The van der Waals surface area contributed by atoms with Gasteiger partial charge in [-0.05, 0) is 44.9 Å². The first-order valence-electron chi connectivity index (χ1n) is 9.50. The van der Waals surface area contributed by atoms with Crippen LogP contribution in [-0.2, 0) is 6.54 Å². The second-order valence-electron chi connectivity index (χ2n) is 8.41. The molecule has 1 aromatic rings. The summed E-state index contributed by atoms with van der Waals surface area (Å²) in [6.07, 6.45) is 0.922. The summed E-state index contributed by atoms with van der Waals surface area (Å²) in [5, 5.41) is 6.46. The Hall–Kier alpha value is -2.04. The molecule has 0 bridgehead atoms. The van der Waals surface area contributed by atoms with Gasteiger partial charge >= 0.3 is 0 Å². The van der Waals surface area contributed by atoms with Crippen molar-refractivity contribution in [2.24, 2.45) is 10.4 Å². The van der Waals surface area contributed by atoms with Gasteiger partial charge in [0.15, 0.2) is 5.96 Å². The molecule has 144 valence electrons. The molecular weight excluding hydrogens is 324 g/mol. The van der Waals surface area contributed by atoms with Gasteiger partial charge in [0.1, 0.15) is 0 Å². The number of rotatable bonds is 5. The van der Waals surface area contributed by atoms with Gasteiger partial charge in [0, 0.05) is 42.7 Å². The van der Waals surface area contributed by atoms with Crippen LogP contribution >= 0.6 is 0 Å². The summed E-state index contributed by atoms with van der Waals surface area (Å²) in [7, 11) is 1.82. The predicted octanol–water partition coefficient (Wildman–Crippen LogP) is 3.41. The number of aliphatic imine (C=N–C) groups is 1. The Kier molecular flexibility index (Phi) is 5.99. The lowest BCUT2D eigenvalue weighted by molar-refractivity contribution is -0.0667. The molecule has 1 fully saturated rings. The van der Waals surface area contributed by atoms with Crippen molar-refractivity contribution < 1.29 is 4.79 Å². The predicted molar refractivity (Wildman–Crippen MR) is 108 cm³/mol. The van der Waals surface area contributed by atoms with Crippen LogP contribution in [0.5, 0.6) is 0 Å². The normalized spacial score (nSPS) is 19.5. The fourth-order valence-corrected chi connectivity index (χ4v) is 3.11. The third-order valence-corrected chi connectivity index (χ3v) is 5.98. The summed E-state index contributed by atoms with van der Waals surface area (Å²) in [5.41, 5.74) is 2.09. The second-order valence-corrected chi connectivity index (χ2v) is 8.41. The molecule has 2 rings (SSSR count). The lowest BCUT2D eigenvalue weighted by atomic mass is 9.65. The molecule has 1 heterocycles. The van der Waals surface area contributed by atoms with Crippen molar-refractivity contribution in [1.29, 1.82) is 0 Å². The first-order valence-corrected chi connectivity index (χ1v) is 9.50. The standard InChI is InChI=1S/C21H34N4O/c1-8-15(2)24-18(26)17-11-9-10-16(12-17)13-23-19(22-7)25-14-20(3,4)21(25,5)6/h9-12,15H,8,13-14H2,1-7H3,(H,22,23)(H,24,26). The number of nitrogens with one attached hydrogen (secondary N) is 2. The van der Waals surface area contributed by atoms with E-state index in [4.69, 9.17) is 0 Å². The van der Waals surface area contributed by atoms with Crippen molar-refractivity contribution >= 4 is 11.9 Å². The molecule has 1 atom stereocenters. The van der Waals surface area contributed by atoms with E-state index in [0.717, 1.165) is 24.5 Å². The molecule has 26 heavy (non-hydrogen) atoms. The van der Waals surface area contributed by atoms with Gasteiger partial charge in [-0.15, -0.1) is 0 Å². The Morgan fingerprint density at radius 3 is 2.54 bits per heavy atom. The molecule has 0 aromatic heterocycles. The highest BCUT2D eigenvalue weighted by Crippen LogP contribution is 2.46. The van der Waals surface area contributed by atoms with E-state index in [1.165, 1.54) is 0 Å². The topological polar surface area (TPSA) is 56.7 Å². The molecular formula is C21H34N4O. The number of hydrogen-bond donors (Lipinski definition) is 2. The van der Waals surface area contributed by atoms with Crippen molar-refractivity contribution in [3.63, 3.8) is 0 Å². The van der Waals surface area contributed by atoms with Gasteiger partial charge in [-0.25, -0.2) is 0 Å². The molecule has 5 heteroatoms. The van der Waals surface area contributed by atoms with E-state index in [1.807, 2.05) is 38.2 Å². The molecule has 0 radical (unpaired) electrons. The zero-order valence-electron chi connectivity index (χ0n) is 17.3. The lowest BCUT2D eigenvalue weighted by Gasteiger charge is -2.62. The lowest BCUT2D eigenvalue weighted by Crippen LogP contribution is -2.72. The minimum Gasteiger partial charge on any atom is -0.352 e. The minimum absolute atomic E-state index is 0.0174. The van der Waals surface area contributed by atoms with E-state index in [9.17, 15) is 4.79 Å². The highest BCUT2D eigenvalue weighted by molar-refractivity contribution is 5.94. The van der Waals surface area contributed by atoms with Gasteiger partial charge < -0.3 is 15.5 Å². The minimum atomic E-state index is -0.0174.